The van der Waals surface area contributed by atoms with Crippen LogP contribution in [0.15, 0.2) is 34.0 Å². The van der Waals surface area contributed by atoms with Crippen LogP contribution >= 0.6 is 35.6 Å². The lowest BCUT2D eigenvalue weighted by Crippen LogP contribution is -2.31. The van der Waals surface area contributed by atoms with Gasteiger partial charge >= 0.3 is 0 Å². The first-order chi connectivity index (χ1) is 15.7. The normalized spacial score (nSPS) is 14.9. The van der Waals surface area contributed by atoms with Crippen LogP contribution in [0.4, 0.5) is 5.82 Å². The van der Waals surface area contributed by atoms with Crippen LogP contribution in [0.1, 0.15) is 43.0 Å². The SMILES string of the molecule is CCn1c(NCc2ccccc2Cl)c(/C=C2/SC(=S)N(CC(C)C)C2=O)c(C)c(C#N)c1=O. The Morgan fingerprint density at radius 3 is 2.61 bits per heavy atom. The lowest BCUT2D eigenvalue weighted by Gasteiger charge is -2.20. The Hall–Kier alpha value is -2.60. The van der Waals surface area contributed by atoms with Crippen LogP contribution in [0.25, 0.3) is 6.08 Å². The molecule has 0 bridgehead atoms. The van der Waals surface area contributed by atoms with Crippen LogP contribution in [-0.4, -0.2) is 26.2 Å². The number of halogens is 1. The Morgan fingerprint density at radius 2 is 2.00 bits per heavy atom. The number of nitrogens with zero attached hydrogens (tertiary/aromatic N) is 3. The summed E-state index contributed by atoms with van der Waals surface area (Å²) in [5, 5.41) is 13.6. The zero-order valence-electron chi connectivity index (χ0n) is 18.9. The van der Waals surface area contributed by atoms with Crippen LogP contribution in [0.5, 0.6) is 0 Å². The highest BCUT2D eigenvalue weighted by Crippen LogP contribution is 2.35. The predicted octanol–water partition coefficient (Wildman–Crippen LogP) is 5.17. The van der Waals surface area contributed by atoms with Crippen molar-refractivity contribution in [3.8, 4) is 6.07 Å². The fraction of sp³-hybridized carbons (Fsp3) is 0.333. The summed E-state index contributed by atoms with van der Waals surface area (Å²) < 4.78 is 2.02. The van der Waals surface area contributed by atoms with Gasteiger partial charge in [0.15, 0.2) is 0 Å². The molecule has 0 saturated carbocycles. The van der Waals surface area contributed by atoms with Crippen LogP contribution in [-0.2, 0) is 17.9 Å². The molecule has 172 valence electrons. The first-order valence-corrected chi connectivity index (χ1v) is 12.2. The molecule has 1 saturated heterocycles. The van der Waals surface area contributed by atoms with Crippen molar-refractivity contribution in [1.82, 2.24) is 9.47 Å². The number of pyridine rings is 1. The van der Waals surface area contributed by atoms with Crippen molar-refractivity contribution < 1.29 is 4.79 Å². The number of thiocarbonyl (C=S) groups is 1. The van der Waals surface area contributed by atoms with Crippen LogP contribution in [0, 0.1) is 24.2 Å². The summed E-state index contributed by atoms with van der Waals surface area (Å²) in [5.41, 5.74) is 1.69. The van der Waals surface area contributed by atoms with Gasteiger partial charge < -0.3 is 5.32 Å². The second-order valence-corrected chi connectivity index (χ2v) is 10.1. The Bertz CT molecular complexity index is 1240. The zero-order valence-corrected chi connectivity index (χ0v) is 21.3. The highest BCUT2D eigenvalue weighted by molar-refractivity contribution is 8.26. The van der Waals surface area contributed by atoms with Gasteiger partial charge in [0.05, 0.1) is 4.91 Å². The van der Waals surface area contributed by atoms with Gasteiger partial charge in [-0.1, -0.05) is 67.6 Å². The Kier molecular flexibility index (Phi) is 8.01. The highest BCUT2D eigenvalue weighted by Gasteiger charge is 2.33. The summed E-state index contributed by atoms with van der Waals surface area (Å²) in [6.07, 6.45) is 1.73. The number of thioether (sulfide) groups is 1. The van der Waals surface area contributed by atoms with Crippen LogP contribution in [0.3, 0.4) is 0 Å². The van der Waals surface area contributed by atoms with Gasteiger partial charge in [0.1, 0.15) is 21.8 Å². The van der Waals surface area contributed by atoms with Gasteiger partial charge in [-0.15, -0.1) is 0 Å². The van der Waals surface area contributed by atoms with E-state index in [1.54, 1.807) is 24.0 Å². The van der Waals surface area contributed by atoms with Crippen LogP contribution < -0.4 is 10.9 Å². The predicted molar refractivity (Wildman–Crippen MR) is 139 cm³/mol. The molecule has 3 rings (SSSR count). The van der Waals surface area contributed by atoms with E-state index in [0.29, 0.717) is 50.8 Å². The van der Waals surface area contributed by atoms with Gasteiger partial charge in [0.2, 0.25) is 0 Å². The fourth-order valence-corrected chi connectivity index (χ4v) is 5.09. The first kappa shape index (κ1) is 25.0. The summed E-state index contributed by atoms with van der Waals surface area (Å²) in [6, 6.07) is 9.47. The zero-order chi connectivity index (χ0) is 24.3. The maximum Gasteiger partial charge on any atom is 0.270 e. The molecule has 2 heterocycles. The van der Waals surface area contributed by atoms with Crippen molar-refractivity contribution in [3.05, 3.63) is 66.8 Å². The molecule has 0 unspecified atom stereocenters. The summed E-state index contributed by atoms with van der Waals surface area (Å²) in [6.45, 7) is 8.88. The number of rotatable bonds is 7. The van der Waals surface area contributed by atoms with Gasteiger partial charge in [-0.05, 0) is 43.0 Å². The van der Waals surface area contributed by atoms with Gasteiger partial charge in [-0.3, -0.25) is 19.1 Å². The molecule has 1 amide bonds. The van der Waals surface area contributed by atoms with Gasteiger partial charge in [-0.25, -0.2) is 0 Å². The van der Waals surface area contributed by atoms with Gasteiger partial charge in [-0.2, -0.15) is 5.26 Å². The number of carbonyl (C=O) groups excluding carboxylic acids is 1. The van der Waals surface area contributed by atoms with E-state index in [4.69, 9.17) is 23.8 Å². The summed E-state index contributed by atoms with van der Waals surface area (Å²) >= 11 is 13.0. The molecular weight excluding hydrogens is 476 g/mol. The van der Waals surface area contributed by atoms with Gasteiger partial charge in [0, 0.05) is 30.2 Å². The van der Waals surface area contributed by atoms with E-state index >= 15 is 0 Å². The van der Waals surface area contributed by atoms with E-state index < -0.39 is 0 Å². The van der Waals surface area contributed by atoms with E-state index in [9.17, 15) is 14.9 Å². The number of aromatic nitrogens is 1. The maximum absolute atomic E-state index is 13.1. The largest absolute Gasteiger partial charge is 0.367 e. The van der Waals surface area contributed by atoms with Crippen molar-refractivity contribution in [3.63, 3.8) is 0 Å². The Labute approximate surface area is 208 Å². The number of hydrogen-bond donors (Lipinski definition) is 1. The highest BCUT2D eigenvalue weighted by atomic mass is 35.5. The molecule has 2 aromatic rings. The lowest BCUT2D eigenvalue weighted by atomic mass is 10.0. The van der Waals surface area contributed by atoms with E-state index in [-0.39, 0.29) is 22.9 Å². The number of nitrogens with one attached hydrogen (secondary N) is 1. The lowest BCUT2D eigenvalue weighted by molar-refractivity contribution is -0.122. The monoisotopic (exact) mass is 500 g/mol. The van der Waals surface area contributed by atoms with E-state index in [1.165, 1.54) is 16.3 Å². The number of anilines is 1. The van der Waals surface area contributed by atoms with E-state index in [1.807, 2.05) is 45.0 Å². The molecule has 33 heavy (non-hydrogen) atoms. The van der Waals surface area contributed by atoms with Crippen LogP contribution in [0.2, 0.25) is 5.02 Å². The molecule has 1 aromatic heterocycles. The number of nitriles is 1. The van der Waals surface area contributed by atoms with Crippen molar-refractivity contribution >= 4 is 57.7 Å². The second-order valence-electron chi connectivity index (χ2n) is 8.05. The average Bonchev–Trinajstić information content (AvgIpc) is 3.02. The molecule has 9 heteroatoms. The van der Waals surface area contributed by atoms with E-state index in [2.05, 4.69) is 5.32 Å². The maximum atomic E-state index is 13.1. The molecule has 1 aliphatic rings. The minimum Gasteiger partial charge on any atom is -0.367 e. The molecular formula is C24H25ClN4O2S2. The molecule has 1 N–H and O–H groups in total. The molecule has 1 fully saturated rings. The topological polar surface area (TPSA) is 78.1 Å². The molecule has 0 radical (unpaired) electrons. The average molecular weight is 501 g/mol. The summed E-state index contributed by atoms with van der Waals surface area (Å²) in [4.78, 5) is 28.1. The number of benzene rings is 1. The molecule has 6 nitrogen and oxygen atoms in total. The van der Waals surface area contributed by atoms with Crippen molar-refractivity contribution in [1.29, 1.82) is 5.26 Å². The number of hydrogen-bond acceptors (Lipinski definition) is 6. The third kappa shape index (κ3) is 5.16. The first-order valence-electron chi connectivity index (χ1n) is 10.6. The standard InChI is InChI=1S/C24H25ClN4O2S2/c1-5-28-21(27-12-16-8-6-7-9-19(16)25)17(15(4)18(11-26)22(28)30)10-20-23(31)29(13-14(2)3)24(32)33-20/h6-10,14,27H,5,12-13H2,1-4H3/b20-10+. The quantitative estimate of drug-likeness (QED) is 0.417. The van der Waals surface area contributed by atoms with E-state index in [0.717, 1.165) is 5.56 Å². The fourth-order valence-electron chi connectivity index (χ4n) is 3.63. The third-order valence-corrected chi connectivity index (χ3v) is 7.04. The molecule has 1 aliphatic heterocycles. The minimum atomic E-state index is -0.372. The van der Waals surface area contributed by atoms with Crippen molar-refractivity contribution in [2.45, 2.75) is 40.8 Å². The summed E-state index contributed by atoms with van der Waals surface area (Å²) in [5.74, 6) is 0.643. The molecule has 1 aromatic carbocycles. The Morgan fingerprint density at radius 1 is 1.30 bits per heavy atom. The Balaban J connectivity index is 2.13. The summed E-state index contributed by atoms with van der Waals surface area (Å²) in [7, 11) is 0. The molecule has 0 aliphatic carbocycles. The third-order valence-electron chi connectivity index (χ3n) is 5.29. The number of amides is 1. The van der Waals surface area contributed by atoms with Crippen molar-refractivity contribution in [2.75, 3.05) is 11.9 Å². The molecule has 0 atom stereocenters. The van der Waals surface area contributed by atoms with Gasteiger partial charge in [0.25, 0.3) is 11.5 Å². The smallest absolute Gasteiger partial charge is 0.270 e. The second kappa shape index (κ2) is 10.6. The number of carbonyl (C=O) groups is 1. The van der Waals surface area contributed by atoms with Crippen molar-refractivity contribution in [2.24, 2.45) is 5.92 Å². The molecule has 0 spiro atoms. The minimum absolute atomic E-state index is 0.0593.